The van der Waals surface area contributed by atoms with Crippen molar-refractivity contribution in [3.05, 3.63) is 58.7 Å². The zero-order valence-corrected chi connectivity index (χ0v) is 15.5. The van der Waals surface area contributed by atoms with Gasteiger partial charge in [-0.25, -0.2) is 8.42 Å². The number of hydrogen-bond donors (Lipinski definition) is 1. The summed E-state index contributed by atoms with van der Waals surface area (Å²) in [6.45, 7) is 7.88. The lowest BCUT2D eigenvalue weighted by molar-refractivity contribution is 0.102. The third-order valence-corrected chi connectivity index (χ3v) is 5.16. The highest BCUT2D eigenvalue weighted by Crippen LogP contribution is 2.28. The monoisotopic (exact) mass is 345 g/mol. The van der Waals surface area contributed by atoms with Crippen molar-refractivity contribution in [3.63, 3.8) is 0 Å². The van der Waals surface area contributed by atoms with E-state index in [0.717, 1.165) is 28.6 Å². The predicted octanol–water partition coefficient (Wildman–Crippen LogP) is 4.08. The highest BCUT2D eigenvalue weighted by atomic mass is 32.2. The van der Waals surface area contributed by atoms with E-state index in [1.165, 1.54) is 12.1 Å². The molecule has 0 fully saturated rings. The van der Waals surface area contributed by atoms with Crippen molar-refractivity contribution in [1.29, 1.82) is 0 Å². The van der Waals surface area contributed by atoms with Gasteiger partial charge < -0.3 is 5.32 Å². The summed E-state index contributed by atoms with van der Waals surface area (Å²) in [5.41, 5.74) is 3.93. The van der Waals surface area contributed by atoms with E-state index in [1.807, 2.05) is 25.1 Å². The molecule has 2 rings (SSSR count). The van der Waals surface area contributed by atoms with E-state index in [4.69, 9.17) is 0 Å². The van der Waals surface area contributed by atoms with Gasteiger partial charge >= 0.3 is 0 Å². The lowest BCUT2D eigenvalue weighted by Gasteiger charge is -2.17. The standard InChI is InChI=1S/C19H23NO3S/c1-12(2)16-8-6-7-14(4)18(16)20-19(21)17-11-15(24(5,22)23)10-9-13(17)3/h6-12H,1-5H3,(H,20,21). The fourth-order valence-electron chi connectivity index (χ4n) is 2.60. The number of sulfone groups is 1. The van der Waals surface area contributed by atoms with Crippen molar-refractivity contribution in [2.45, 2.75) is 38.5 Å². The van der Waals surface area contributed by atoms with Crippen LogP contribution >= 0.6 is 0 Å². The van der Waals surface area contributed by atoms with Crippen LogP contribution in [0.15, 0.2) is 41.3 Å². The molecular weight excluding hydrogens is 322 g/mol. The third-order valence-electron chi connectivity index (χ3n) is 4.05. The Labute approximate surface area is 143 Å². The lowest BCUT2D eigenvalue weighted by Crippen LogP contribution is -2.16. The number of nitrogens with one attached hydrogen (secondary N) is 1. The maximum absolute atomic E-state index is 12.7. The molecule has 4 nitrogen and oxygen atoms in total. The number of rotatable bonds is 4. The molecule has 5 heteroatoms. The number of amides is 1. The zero-order valence-electron chi connectivity index (χ0n) is 14.7. The quantitative estimate of drug-likeness (QED) is 0.908. The summed E-state index contributed by atoms with van der Waals surface area (Å²) < 4.78 is 23.5. The minimum atomic E-state index is -3.36. The summed E-state index contributed by atoms with van der Waals surface area (Å²) >= 11 is 0. The molecule has 0 aliphatic heterocycles. The van der Waals surface area contributed by atoms with Gasteiger partial charge in [-0.3, -0.25) is 4.79 Å². The van der Waals surface area contributed by atoms with E-state index in [0.29, 0.717) is 5.56 Å². The Morgan fingerprint density at radius 3 is 2.29 bits per heavy atom. The third kappa shape index (κ3) is 3.85. The summed E-state index contributed by atoms with van der Waals surface area (Å²) in [6, 6.07) is 10.5. The van der Waals surface area contributed by atoms with Crippen molar-refractivity contribution in [1.82, 2.24) is 0 Å². The minimum absolute atomic E-state index is 0.145. The second kappa shape index (κ2) is 6.77. The molecule has 0 aromatic heterocycles. The van der Waals surface area contributed by atoms with Crippen LogP contribution < -0.4 is 5.32 Å². The van der Waals surface area contributed by atoms with Crippen LogP contribution in [0.4, 0.5) is 5.69 Å². The highest BCUT2D eigenvalue weighted by Gasteiger charge is 2.17. The van der Waals surface area contributed by atoms with E-state index < -0.39 is 9.84 Å². The van der Waals surface area contributed by atoms with E-state index in [2.05, 4.69) is 19.2 Å². The first-order valence-electron chi connectivity index (χ1n) is 7.83. The number of para-hydroxylation sites is 1. The molecule has 0 aliphatic rings. The number of carbonyl (C=O) groups is 1. The molecular formula is C19H23NO3S. The molecule has 0 aliphatic carbocycles. The van der Waals surface area contributed by atoms with Crippen molar-refractivity contribution in [3.8, 4) is 0 Å². The van der Waals surface area contributed by atoms with Gasteiger partial charge in [0.15, 0.2) is 9.84 Å². The second-order valence-electron chi connectivity index (χ2n) is 6.40. The molecule has 0 bridgehead atoms. The van der Waals surface area contributed by atoms with Crippen LogP contribution in [0.5, 0.6) is 0 Å². The van der Waals surface area contributed by atoms with Gasteiger partial charge in [0.1, 0.15) is 0 Å². The molecule has 0 radical (unpaired) electrons. The zero-order chi connectivity index (χ0) is 18.1. The Kier molecular flexibility index (Phi) is 5.13. The van der Waals surface area contributed by atoms with Crippen LogP contribution in [-0.4, -0.2) is 20.6 Å². The summed E-state index contributed by atoms with van der Waals surface area (Å²) in [5.74, 6) is -0.0298. The number of anilines is 1. The Hall–Kier alpha value is -2.14. The van der Waals surface area contributed by atoms with Crippen LogP contribution in [0.25, 0.3) is 0 Å². The molecule has 1 amide bonds. The Morgan fingerprint density at radius 1 is 1.04 bits per heavy atom. The number of carbonyl (C=O) groups excluding carboxylic acids is 1. The summed E-state index contributed by atoms with van der Waals surface area (Å²) in [4.78, 5) is 12.9. The molecule has 0 saturated heterocycles. The van der Waals surface area contributed by atoms with E-state index in [-0.39, 0.29) is 16.7 Å². The van der Waals surface area contributed by atoms with Crippen LogP contribution in [-0.2, 0) is 9.84 Å². The van der Waals surface area contributed by atoms with Crippen LogP contribution in [0.2, 0.25) is 0 Å². The van der Waals surface area contributed by atoms with Gasteiger partial charge in [0.25, 0.3) is 5.91 Å². The van der Waals surface area contributed by atoms with Crippen LogP contribution in [0.1, 0.15) is 46.8 Å². The first-order chi connectivity index (χ1) is 11.1. The smallest absolute Gasteiger partial charge is 0.255 e. The molecule has 0 saturated carbocycles. The fourth-order valence-corrected chi connectivity index (χ4v) is 3.25. The van der Waals surface area contributed by atoms with Crippen molar-refractivity contribution in [2.75, 3.05) is 11.6 Å². The molecule has 128 valence electrons. The van der Waals surface area contributed by atoms with Crippen molar-refractivity contribution < 1.29 is 13.2 Å². The largest absolute Gasteiger partial charge is 0.321 e. The molecule has 1 N–H and O–H groups in total. The van der Waals surface area contributed by atoms with Gasteiger partial charge in [-0.15, -0.1) is 0 Å². The van der Waals surface area contributed by atoms with Gasteiger partial charge in [0.2, 0.25) is 0 Å². The summed E-state index contributed by atoms with van der Waals surface area (Å²) in [7, 11) is -3.36. The Balaban J connectivity index is 2.45. The van der Waals surface area contributed by atoms with Crippen LogP contribution in [0.3, 0.4) is 0 Å². The number of aryl methyl sites for hydroxylation is 2. The first kappa shape index (κ1) is 18.2. The minimum Gasteiger partial charge on any atom is -0.321 e. The fraction of sp³-hybridized carbons (Fsp3) is 0.316. The van der Waals surface area contributed by atoms with Gasteiger partial charge in [0, 0.05) is 17.5 Å². The molecule has 0 heterocycles. The SMILES string of the molecule is Cc1ccc(S(C)(=O)=O)cc1C(=O)Nc1c(C)cccc1C(C)C. The topological polar surface area (TPSA) is 63.2 Å². The normalized spacial score (nSPS) is 11.6. The Morgan fingerprint density at radius 2 is 1.71 bits per heavy atom. The number of hydrogen-bond acceptors (Lipinski definition) is 3. The number of benzene rings is 2. The maximum Gasteiger partial charge on any atom is 0.255 e. The maximum atomic E-state index is 12.7. The van der Waals surface area contributed by atoms with E-state index in [1.54, 1.807) is 13.0 Å². The highest BCUT2D eigenvalue weighted by molar-refractivity contribution is 7.90. The van der Waals surface area contributed by atoms with Gasteiger partial charge in [0.05, 0.1) is 4.90 Å². The first-order valence-corrected chi connectivity index (χ1v) is 9.72. The second-order valence-corrected chi connectivity index (χ2v) is 8.41. The Bertz CT molecular complexity index is 883. The van der Waals surface area contributed by atoms with Gasteiger partial charge in [-0.2, -0.15) is 0 Å². The van der Waals surface area contributed by atoms with E-state index in [9.17, 15) is 13.2 Å². The van der Waals surface area contributed by atoms with Gasteiger partial charge in [-0.05, 0) is 48.6 Å². The summed E-state index contributed by atoms with van der Waals surface area (Å²) in [5, 5.41) is 2.96. The van der Waals surface area contributed by atoms with Crippen molar-refractivity contribution in [2.24, 2.45) is 0 Å². The average Bonchev–Trinajstić information content (AvgIpc) is 2.48. The molecule has 0 spiro atoms. The molecule has 2 aromatic rings. The molecule has 24 heavy (non-hydrogen) atoms. The van der Waals surface area contributed by atoms with Crippen LogP contribution in [0, 0.1) is 13.8 Å². The predicted molar refractivity (Wildman–Crippen MR) is 97.5 cm³/mol. The van der Waals surface area contributed by atoms with Gasteiger partial charge in [-0.1, -0.05) is 38.1 Å². The molecule has 0 unspecified atom stereocenters. The summed E-state index contributed by atoms with van der Waals surface area (Å²) in [6.07, 6.45) is 1.14. The van der Waals surface area contributed by atoms with Crippen molar-refractivity contribution >= 4 is 21.4 Å². The molecule has 0 atom stereocenters. The lowest BCUT2D eigenvalue weighted by atomic mass is 9.97. The van der Waals surface area contributed by atoms with E-state index >= 15 is 0 Å². The molecule has 2 aromatic carbocycles. The average molecular weight is 345 g/mol.